The van der Waals surface area contributed by atoms with E-state index in [9.17, 15) is 4.79 Å². The molecule has 0 aliphatic rings. The number of hydrogen-bond donors (Lipinski definition) is 1. The van der Waals surface area contributed by atoms with Crippen LogP contribution >= 0.6 is 11.6 Å². The molecule has 0 spiro atoms. The molecule has 2 rings (SSSR count). The third kappa shape index (κ3) is 3.99. The van der Waals surface area contributed by atoms with E-state index in [1.807, 2.05) is 44.2 Å². The minimum Gasteiger partial charge on any atom is -0.479 e. The van der Waals surface area contributed by atoms with Crippen LogP contribution < -0.4 is 10.1 Å². The van der Waals surface area contributed by atoms with E-state index >= 15 is 0 Å². The second-order valence-electron chi connectivity index (χ2n) is 5.00. The zero-order chi connectivity index (χ0) is 15.4. The SMILES string of the molecule is Cc1ccc(NC(=O)[C@@H](C)Oc2ccccc2Cl)c(C)c1. The first-order valence-electron chi connectivity index (χ1n) is 6.76. The number of ether oxygens (including phenoxy) is 1. The second kappa shape index (κ2) is 6.64. The zero-order valence-corrected chi connectivity index (χ0v) is 13.1. The number of hydrogen-bond acceptors (Lipinski definition) is 2. The van der Waals surface area contributed by atoms with Crippen LogP contribution in [0.4, 0.5) is 5.69 Å². The van der Waals surface area contributed by atoms with E-state index < -0.39 is 6.10 Å². The normalized spacial score (nSPS) is 11.8. The van der Waals surface area contributed by atoms with Gasteiger partial charge in [-0.25, -0.2) is 0 Å². The van der Waals surface area contributed by atoms with Crippen molar-refractivity contribution in [2.45, 2.75) is 26.9 Å². The van der Waals surface area contributed by atoms with Gasteiger partial charge in [-0.3, -0.25) is 4.79 Å². The Morgan fingerprint density at radius 3 is 2.57 bits per heavy atom. The lowest BCUT2D eigenvalue weighted by Crippen LogP contribution is -2.30. The van der Waals surface area contributed by atoms with Crippen molar-refractivity contribution in [3.63, 3.8) is 0 Å². The first kappa shape index (κ1) is 15.4. The van der Waals surface area contributed by atoms with Gasteiger partial charge < -0.3 is 10.1 Å². The van der Waals surface area contributed by atoms with Gasteiger partial charge in [0.25, 0.3) is 5.91 Å². The molecule has 4 heteroatoms. The minimum absolute atomic E-state index is 0.207. The van der Waals surface area contributed by atoms with E-state index in [2.05, 4.69) is 5.32 Å². The number of benzene rings is 2. The van der Waals surface area contributed by atoms with Crippen LogP contribution in [0.2, 0.25) is 5.02 Å². The summed E-state index contributed by atoms with van der Waals surface area (Å²) in [4.78, 5) is 12.2. The quantitative estimate of drug-likeness (QED) is 0.911. The summed E-state index contributed by atoms with van der Waals surface area (Å²) in [6, 6.07) is 13.0. The Bertz CT molecular complexity index is 655. The maximum Gasteiger partial charge on any atom is 0.265 e. The molecule has 0 heterocycles. The molecule has 0 radical (unpaired) electrons. The molecule has 2 aromatic rings. The summed E-state index contributed by atoms with van der Waals surface area (Å²) < 4.78 is 5.60. The number of aryl methyl sites for hydroxylation is 2. The number of rotatable bonds is 4. The molecule has 110 valence electrons. The number of carbonyl (C=O) groups is 1. The van der Waals surface area contributed by atoms with Crippen molar-refractivity contribution in [2.24, 2.45) is 0 Å². The highest BCUT2D eigenvalue weighted by atomic mass is 35.5. The smallest absolute Gasteiger partial charge is 0.265 e. The number of anilines is 1. The Morgan fingerprint density at radius 1 is 1.19 bits per heavy atom. The van der Waals surface area contributed by atoms with Crippen molar-refractivity contribution < 1.29 is 9.53 Å². The van der Waals surface area contributed by atoms with Crippen LogP contribution in [0.1, 0.15) is 18.1 Å². The Hall–Kier alpha value is -2.00. The molecular formula is C17H18ClNO2. The lowest BCUT2D eigenvalue weighted by atomic mass is 10.1. The summed E-state index contributed by atoms with van der Waals surface area (Å²) in [6.07, 6.45) is -0.634. The van der Waals surface area contributed by atoms with E-state index in [0.717, 1.165) is 16.8 Å². The van der Waals surface area contributed by atoms with Crippen molar-refractivity contribution in [3.05, 3.63) is 58.6 Å². The second-order valence-corrected chi connectivity index (χ2v) is 5.41. The van der Waals surface area contributed by atoms with Gasteiger partial charge in [-0.1, -0.05) is 41.4 Å². The lowest BCUT2D eigenvalue weighted by molar-refractivity contribution is -0.122. The number of amides is 1. The first-order chi connectivity index (χ1) is 9.97. The average molecular weight is 304 g/mol. The van der Waals surface area contributed by atoms with E-state index in [1.54, 1.807) is 19.1 Å². The van der Waals surface area contributed by atoms with E-state index in [-0.39, 0.29) is 5.91 Å². The number of nitrogens with one attached hydrogen (secondary N) is 1. The van der Waals surface area contributed by atoms with Gasteiger partial charge in [0.1, 0.15) is 5.75 Å². The van der Waals surface area contributed by atoms with Gasteiger partial charge in [0.05, 0.1) is 5.02 Å². The molecule has 0 saturated carbocycles. The van der Waals surface area contributed by atoms with Crippen molar-refractivity contribution in [3.8, 4) is 5.75 Å². The van der Waals surface area contributed by atoms with Crippen LogP contribution in [0.25, 0.3) is 0 Å². The van der Waals surface area contributed by atoms with Crippen LogP contribution in [0.15, 0.2) is 42.5 Å². The fourth-order valence-electron chi connectivity index (χ4n) is 1.97. The topological polar surface area (TPSA) is 38.3 Å². The van der Waals surface area contributed by atoms with E-state index in [0.29, 0.717) is 10.8 Å². The molecule has 2 aromatic carbocycles. The van der Waals surface area contributed by atoms with Gasteiger partial charge >= 0.3 is 0 Å². The molecule has 0 fully saturated rings. The molecule has 21 heavy (non-hydrogen) atoms. The molecule has 0 bridgehead atoms. The molecule has 1 atom stereocenters. The molecular weight excluding hydrogens is 286 g/mol. The monoisotopic (exact) mass is 303 g/mol. The molecule has 0 aliphatic carbocycles. The average Bonchev–Trinajstić information content (AvgIpc) is 2.44. The summed E-state index contributed by atoms with van der Waals surface area (Å²) in [5.74, 6) is 0.296. The molecule has 0 unspecified atom stereocenters. The summed E-state index contributed by atoms with van der Waals surface area (Å²) >= 11 is 6.02. The van der Waals surface area contributed by atoms with Crippen molar-refractivity contribution in [1.82, 2.24) is 0 Å². The van der Waals surface area contributed by atoms with Gasteiger partial charge in [-0.15, -0.1) is 0 Å². The third-order valence-electron chi connectivity index (χ3n) is 3.15. The highest BCUT2D eigenvalue weighted by Gasteiger charge is 2.16. The van der Waals surface area contributed by atoms with Crippen LogP contribution in [0.3, 0.4) is 0 Å². The minimum atomic E-state index is -0.634. The maximum absolute atomic E-state index is 12.2. The Balaban J connectivity index is 2.04. The largest absolute Gasteiger partial charge is 0.479 e. The summed E-state index contributed by atoms with van der Waals surface area (Å²) in [6.45, 7) is 5.67. The highest BCUT2D eigenvalue weighted by molar-refractivity contribution is 6.32. The van der Waals surface area contributed by atoms with E-state index in [4.69, 9.17) is 16.3 Å². The summed E-state index contributed by atoms with van der Waals surface area (Å²) in [5.41, 5.74) is 2.97. The maximum atomic E-state index is 12.2. The van der Waals surface area contributed by atoms with Crippen LogP contribution in [0, 0.1) is 13.8 Å². The van der Waals surface area contributed by atoms with Gasteiger partial charge in [0, 0.05) is 5.69 Å². The van der Waals surface area contributed by atoms with Gasteiger partial charge in [0.2, 0.25) is 0 Å². The molecule has 1 N–H and O–H groups in total. The molecule has 0 aliphatic heterocycles. The van der Waals surface area contributed by atoms with Gasteiger partial charge in [0.15, 0.2) is 6.10 Å². The van der Waals surface area contributed by atoms with Crippen LogP contribution in [-0.2, 0) is 4.79 Å². The number of halogens is 1. The number of para-hydroxylation sites is 1. The van der Waals surface area contributed by atoms with Crippen molar-refractivity contribution in [1.29, 1.82) is 0 Å². The number of carbonyl (C=O) groups excluding carboxylic acids is 1. The molecule has 3 nitrogen and oxygen atoms in total. The van der Waals surface area contributed by atoms with Gasteiger partial charge in [-0.2, -0.15) is 0 Å². The molecule has 1 amide bonds. The van der Waals surface area contributed by atoms with Gasteiger partial charge in [-0.05, 0) is 44.5 Å². The fourth-order valence-corrected chi connectivity index (χ4v) is 2.15. The van der Waals surface area contributed by atoms with Crippen LogP contribution in [-0.4, -0.2) is 12.0 Å². The predicted octanol–water partition coefficient (Wildman–Crippen LogP) is 4.36. The first-order valence-corrected chi connectivity index (χ1v) is 7.14. The molecule has 0 aromatic heterocycles. The lowest BCUT2D eigenvalue weighted by Gasteiger charge is -2.16. The zero-order valence-electron chi connectivity index (χ0n) is 12.3. The Kier molecular flexibility index (Phi) is 4.86. The Morgan fingerprint density at radius 2 is 1.90 bits per heavy atom. The van der Waals surface area contributed by atoms with E-state index in [1.165, 1.54) is 0 Å². The Labute approximate surface area is 129 Å². The summed E-state index contributed by atoms with van der Waals surface area (Å²) in [5, 5.41) is 3.36. The predicted molar refractivity (Wildman–Crippen MR) is 86.1 cm³/mol. The summed E-state index contributed by atoms with van der Waals surface area (Å²) in [7, 11) is 0. The highest BCUT2D eigenvalue weighted by Crippen LogP contribution is 2.24. The van der Waals surface area contributed by atoms with Crippen molar-refractivity contribution in [2.75, 3.05) is 5.32 Å². The third-order valence-corrected chi connectivity index (χ3v) is 3.46. The molecule has 0 saturated heterocycles. The standard InChI is InChI=1S/C17H18ClNO2/c1-11-8-9-15(12(2)10-11)19-17(20)13(3)21-16-7-5-4-6-14(16)18/h4-10,13H,1-3H3,(H,19,20)/t13-/m1/s1. The van der Waals surface area contributed by atoms with Crippen LogP contribution in [0.5, 0.6) is 5.75 Å². The fraction of sp³-hybridized carbons (Fsp3) is 0.235. The van der Waals surface area contributed by atoms with Crippen molar-refractivity contribution >= 4 is 23.2 Å².